The Bertz CT molecular complexity index is 441. The van der Waals surface area contributed by atoms with Gasteiger partial charge in [0.25, 0.3) is 0 Å². The number of nitrogens with zero attached hydrogens (tertiary/aromatic N) is 1. The van der Waals surface area contributed by atoms with Crippen LogP contribution in [0.4, 0.5) is 14.5 Å². The van der Waals surface area contributed by atoms with Gasteiger partial charge in [-0.3, -0.25) is 0 Å². The highest BCUT2D eigenvalue weighted by atomic mass is 19.1. The summed E-state index contributed by atoms with van der Waals surface area (Å²) in [4.78, 5) is 0. The number of hydrogen-bond acceptors (Lipinski definition) is 2. The summed E-state index contributed by atoms with van der Waals surface area (Å²) in [6.45, 7) is 6.20. The second-order valence-electron chi connectivity index (χ2n) is 5.30. The van der Waals surface area contributed by atoms with E-state index in [2.05, 4.69) is 19.2 Å². The van der Waals surface area contributed by atoms with Crippen LogP contribution in [0.1, 0.15) is 45.6 Å². The van der Waals surface area contributed by atoms with Gasteiger partial charge in [-0.1, -0.05) is 26.7 Å². The Morgan fingerprint density at radius 1 is 1.16 bits per heavy atom. The quantitative estimate of drug-likeness (QED) is 0.825. The van der Waals surface area contributed by atoms with E-state index in [1.807, 2.05) is 6.92 Å². The van der Waals surface area contributed by atoms with Gasteiger partial charge in [-0.25, -0.2) is 8.78 Å². The number of anilines is 1. The van der Waals surface area contributed by atoms with Crippen molar-refractivity contribution in [3.8, 4) is 6.07 Å². The maximum Gasteiger partial charge on any atom is 0.150 e. The summed E-state index contributed by atoms with van der Waals surface area (Å²) in [6, 6.07) is 3.82. The second-order valence-corrected chi connectivity index (χ2v) is 5.30. The van der Waals surface area contributed by atoms with Crippen LogP contribution in [0, 0.1) is 28.9 Å². The summed E-state index contributed by atoms with van der Waals surface area (Å²) in [6.07, 6.45) is 2.98. The zero-order valence-electron chi connectivity index (χ0n) is 11.6. The van der Waals surface area contributed by atoms with E-state index in [1.165, 1.54) is 0 Å². The summed E-state index contributed by atoms with van der Waals surface area (Å²) in [7, 11) is 0. The van der Waals surface area contributed by atoms with Crippen LogP contribution in [0.15, 0.2) is 12.1 Å². The van der Waals surface area contributed by atoms with Crippen molar-refractivity contribution in [2.45, 2.75) is 46.1 Å². The summed E-state index contributed by atoms with van der Waals surface area (Å²) >= 11 is 0. The Morgan fingerprint density at radius 2 is 1.74 bits per heavy atom. The minimum Gasteiger partial charge on any atom is -0.378 e. The molecule has 1 aromatic rings. The average molecular weight is 266 g/mol. The minimum absolute atomic E-state index is 0.00399. The summed E-state index contributed by atoms with van der Waals surface area (Å²) < 4.78 is 27.3. The molecule has 1 aromatic carbocycles. The van der Waals surface area contributed by atoms with Crippen LogP contribution in [0.2, 0.25) is 0 Å². The van der Waals surface area contributed by atoms with Crippen LogP contribution in [-0.2, 0) is 0 Å². The topological polar surface area (TPSA) is 35.8 Å². The van der Waals surface area contributed by atoms with Crippen molar-refractivity contribution in [1.82, 2.24) is 0 Å². The summed E-state index contributed by atoms with van der Waals surface area (Å²) in [5.74, 6) is -0.796. The number of rotatable bonds is 6. The first kappa shape index (κ1) is 15.4. The molecule has 2 nitrogen and oxygen atoms in total. The van der Waals surface area contributed by atoms with E-state index in [1.54, 1.807) is 6.07 Å². The van der Waals surface area contributed by atoms with Gasteiger partial charge in [0, 0.05) is 6.04 Å². The van der Waals surface area contributed by atoms with Gasteiger partial charge in [0.1, 0.15) is 5.69 Å². The number of nitriles is 1. The Kier molecular flexibility index (Phi) is 5.75. The van der Waals surface area contributed by atoms with Crippen molar-refractivity contribution in [3.05, 3.63) is 29.3 Å². The van der Waals surface area contributed by atoms with E-state index < -0.39 is 11.6 Å². The molecule has 0 aromatic heterocycles. The monoisotopic (exact) mass is 266 g/mol. The van der Waals surface area contributed by atoms with E-state index in [9.17, 15) is 8.78 Å². The lowest BCUT2D eigenvalue weighted by molar-refractivity contribution is 0.516. The molecule has 0 radical (unpaired) electrons. The number of nitrogens with one attached hydrogen (secondary N) is 1. The standard InChI is InChI=1S/C15H20F2N2/c1-10(2)5-4-6-11(3)19-15-13(16)7-12(9-18)8-14(15)17/h7-8,10-11,19H,4-6H2,1-3H3. The van der Waals surface area contributed by atoms with E-state index >= 15 is 0 Å². The zero-order chi connectivity index (χ0) is 14.4. The van der Waals surface area contributed by atoms with Gasteiger partial charge in [-0.05, 0) is 31.4 Å². The lowest BCUT2D eigenvalue weighted by Gasteiger charge is -2.17. The smallest absolute Gasteiger partial charge is 0.150 e. The molecule has 1 atom stereocenters. The molecule has 1 N–H and O–H groups in total. The third kappa shape index (κ3) is 4.86. The van der Waals surface area contributed by atoms with Crippen molar-refractivity contribution in [2.75, 3.05) is 5.32 Å². The van der Waals surface area contributed by atoms with E-state index in [-0.39, 0.29) is 17.3 Å². The van der Waals surface area contributed by atoms with Crippen LogP contribution in [0.25, 0.3) is 0 Å². The Hall–Kier alpha value is -1.63. The summed E-state index contributed by atoms with van der Waals surface area (Å²) in [5, 5.41) is 11.5. The Balaban J connectivity index is 2.64. The molecule has 0 saturated heterocycles. The molecule has 104 valence electrons. The molecule has 0 amide bonds. The van der Waals surface area contributed by atoms with Crippen molar-refractivity contribution < 1.29 is 8.78 Å². The Morgan fingerprint density at radius 3 is 2.21 bits per heavy atom. The highest BCUT2D eigenvalue weighted by molar-refractivity contribution is 5.50. The predicted molar refractivity (Wildman–Crippen MR) is 72.8 cm³/mol. The molecule has 1 rings (SSSR count). The lowest BCUT2D eigenvalue weighted by Crippen LogP contribution is -2.17. The number of halogens is 2. The third-order valence-corrected chi connectivity index (χ3v) is 2.98. The first-order chi connectivity index (χ1) is 8.93. The van der Waals surface area contributed by atoms with E-state index in [4.69, 9.17) is 5.26 Å². The molecule has 1 unspecified atom stereocenters. The minimum atomic E-state index is -0.716. The van der Waals surface area contributed by atoms with Crippen LogP contribution < -0.4 is 5.32 Å². The normalized spacial score (nSPS) is 12.3. The fraction of sp³-hybridized carbons (Fsp3) is 0.533. The van der Waals surface area contributed by atoms with Crippen LogP contribution >= 0.6 is 0 Å². The van der Waals surface area contributed by atoms with Crippen molar-refractivity contribution in [1.29, 1.82) is 5.26 Å². The van der Waals surface area contributed by atoms with Crippen LogP contribution in [0.3, 0.4) is 0 Å². The number of hydrogen-bond donors (Lipinski definition) is 1. The number of benzene rings is 1. The molecule has 0 saturated carbocycles. The molecule has 0 bridgehead atoms. The van der Waals surface area contributed by atoms with E-state index in [0.29, 0.717) is 5.92 Å². The average Bonchev–Trinajstić information content (AvgIpc) is 2.33. The van der Waals surface area contributed by atoms with Gasteiger partial charge in [-0.2, -0.15) is 5.26 Å². The maximum atomic E-state index is 13.7. The molecule has 0 aliphatic heterocycles. The first-order valence-electron chi connectivity index (χ1n) is 6.59. The van der Waals surface area contributed by atoms with Gasteiger partial charge in [0.2, 0.25) is 0 Å². The predicted octanol–water partition coefficient (Wildman–Crippen LogP) is 4.46. The second kappa shape index (κ2) is 7.08. The molecule has 0 aliphatic carbocycles. The van der Waals surface area contributed by atoms with E-state index in [0.717, 1.165) is 31.4 Å². The molecular formula is C15H20F2N2. The van der Waals surface area contributed by atoms with Gasteiger partial charge >= 0.3 is 0 Å². The molecule has 0 fully saturated rings. The zero-order valence-corrected chi connectivity index (χ0v) is 11.6. The largest absolute Gasteiger partial charge is 0.378 e. The SMILES string of the molecule is CC(C)CCCC(C)Nc1c(F)cc(C#N)cc1F. The van der Waals surface area contributed by atoms with Gasteiger partial charge in [-0.15, -0.1) is 0 Å². The Labute approximate surface area is 113 Å². The van der Waals surface area contributed by atoms with Crippen molar-refractivity contribution in [3.63, 3.8) is 0 Å². The van der Waals surface area contributed by atoms with Gasteiger partial charge in [0.05, 0.1) is 11.6 Å². The first-order valence-corrected chi connectivity index (χ1v) is 6.59. The highest BCUT2D eigenvalue weighted by Crippen LogP contribution is 2.22. The van der Waals surface area contributed by atoms with Crippen molar-refractivity contribution in [2.24, 2.45) is 5.92 Å². The van der Waals surface area contributed by atoms with Gasteiger partial charge < -0.3 is 5.32 Å². The highest BCUT2D eigenvalue weighted by Gasteiger charge is 2.13. The fourth-order valence-electron chi connectivity index (χ4n) is 1.93. The summed E-state index contributed by atoms with van der Waals surface area (Å²) in [5.41, 5.74) is -0.149. The molecule has 19 heavy (non-hydrogen) atoms. The fourth-order valence-corrected chi connectivity index (χ4v) is 1.93. The molecule has 0 aliphatic rings. The molecule has 4 heteroatoms. The molecular weight excluding hydrogens is 246 g/mol. The van der Waals surface area contributed by atoms with Gasteiger partial charge in [0.15, 0.2) is 11.6 Å². The lowest BCUT2D eigenvalue weighted by atomic mass is 10.0. The maximum absolute atomic E-state index is 13.7. The molecule has 0 spiro atoms. The van der Waals surface area contributed by atoms with Crippen molar-refractivity contribution >= 4 is 5.69 Å². The van der Waals surface area contributed by atoms with Crippen LogP contribution in [0.5, 0.6) is 0 Å². The third-order valence-electron chi connectivity index (χ3n) is 2.98. The van der Waals surface area contributed by atoms with Crippen LogP contribution in [-0.4, -0.2) is 6.04 Å². The molecule has 0 heterocycles.